The first kappa shape index (κ1) is 19.4. The number of hydrogen-bond donors (Lipinski definition) is 3. The third kappa shape index (κ3) is 7.07. The normalized spacial score (nSPS) is 13.1. The molecule has 1 rings (SSSR count). The Morgan fingerprint density at radius 3 is 2.21 bits per heavy atom. The molecule has 7 nitrogen and oxygen atoms in total. The number of benzene rings is 1. The number of hydrogen-bond acceptors (Lipinski definition) is 4. The third-order valence-electron chi connectivity index (χ3n) is 2.40. The predicted molar refractivity (Wildman–Crippen MR) is 80.9 cm³/mol. The van der Waals surface area contributed by atoms with Crippen molar-refractivity contribution in [2.45, 2.75) is 32.5 Å². The number of nitrogens with zero attached hydrogens (tertiary/aromatic N) is 1. The lowest BCUT2D eigenvalue weighted by atomic mass is 10.1. The van der Waals surface area contributed by atoms with Gasteiger partial charge in [0.1, 0.15) is 5.60 Å². The van der Waals surface area contributed by atoms with Crippen molar-refractivity contribution in [3.63, 3.8) is 0 Å². The summed E-state index contributed by atoms with van der Waals surface area (Å²) >= 11 is 0. The van der Waals surface area contributed by atoms with Gasteiger partial charge < -0.3 is 9.57 Å². The molecule has 0 amide bonds. The lowest BCUT2D eigenvalue weighted by Crippen LogP contribution is -2.40. The van der Waals surface area contributed by atoms with E-state index in [1.54, 1.807) is 20.8 Å². The van der Waals surface area contributed by atoms with E-state index in [2.05, 4.69) is 10.2 Å². The summed E-state index contributed by atoms with van der Waals surface area (Å²) in [4.78, 5) is 16.4. The Bertz CT molecular complexity index is 607. The first-order valence-corrected chi connectivity index (χ1v) is 6.85. The fraction of sp³-hybridized carbons (Fsp3) is 0.429. The second-order valence-electron chi connectivity index (χ2n) is 5.80. The van der Waals surface area contributed by atoms with Gasteiger partial charge in [-0.3, -0.25) is 11.6 Å². The van der Waals surface area contributed by atoms with E-state index in [-0.39, 0.29) is 10.8 Å². The number of anilines is 1. The Kier molecular flexibility index (Phi) is 5.88. The number of guanidine groups is 1. The van der Waals surface area contributed by atoms with Gasteiger partial charge in [-0.05, 0) is 45.0 Å². The van der Waals surface area contributed by atoms with Gasteiger partial charge >= 0.3 is 18.1 Å². The second kappa shape index (κ2) is 7.28. The molecule has 0 spiro atoms. The van der Waals surface area contributed by atoms with E-state index >= 15 is 0 Å². The molecule has 0 bridgehead atoms. The molecule has 1 aromatic rings. The van der Waals surface area contributed by atoms with Gasteiger partial charge in [-0.2, -0.15) is 13.2 Å². The minimum absolute atomic E-state index is 0.273. The summed E-state index contributed by atoms with van der Waals surface area (Å²) < 4.78 is 41.3. The SMILES string of the molecule is CC(C)(C)OC(=O)c1ccc(NC(N)=[N+](N)OCC(F)(F)F)cc1. The summed E-state index contributed by atoms with van der Waals surface area (Å²) in [6.45, 7) is 3.65. The molecule has 5 N–H and O–H groups in total. The summed E-state index contributed by atoms with van der Waals surface area (Å²) in [5.41, 5.74) is 5.57. The number of nitrogens with one attached hydrogen (secondary N) is 1. The Morgan fingerprint density at radius 1 is 1.21 bits per heavy atom. The molecule has 0 heterocycles. The maximum atomic E-state index is 12.0. The molecule has 0 aliphatic carbocycles. The van der Waals surface area contributed by atoms with Crippen LogP contribution in [0.4, 0.5) is 18.9 Å². The van der Waals surface area contributed by atoms with E-state index in [0.717, 1.165) is 0 Å². The van der Waals surface area contributed by atoms with Crippen LogP contribution < -0.4 is 16.9 Å². The van der Waals surface area contributed by atoms with Crippen LogP contribution in [-0.4, -0.2) is 35.2 Å². The van der Waals surface area contributed by atoms with Crippen molar-refractivity contribution in [2.24, 2.45) is 11.6 Å². The molecule has 0 radical (unpaired) electrons. The molecular weight excluding hydrogens is 329 g/mol. The van der Waals surface area contributed by atoms with Gasteiger partial charge in [-0.15, -0.1) is 0 Å². The molecule has 10 heteroatoms. The van der Waals surface area contributed by atoms with E-state index in [1.807, 2.05) is 0 Å². The highest BCUT2D eigenvalue weighted by Crippen LogP contribution is 2.15. The minimum Gasteiger partial charge on any atom is -0.456 e. The first-order valence-electron chi connectivity index (χ1n) is 6.85. The summed E-state index contributed by atoms with van der Waals surface area (Å²) in [5, 5.41) is 2.54. The summed E-state index contributed by atoms with van der Waals surface area (Å²) in [5.74, 6) is 4.38. The van der Waals surface area contributed by atoms with Crippen LogP contribution in [0.15, 0.2) is 24.3 Å². The largest absolute Gasteiger partial charge is 0.456 e. The number of alkyl halides is 3. The summed E-state index contributed by atoms with van der Waals surface area (Å²) in [6, 6.07) is 5.93. The van der Waals surface area contributed by atoms with Gasteiger partial charge in [0.25, 0.3) is 0 Å². The fourth-order valence-corrected chi connectivity index (χ4v) is 1.44. The Hall–Kier alpha value is -2.65. The topological polar surface area (TPSA) is 103 Å². The maximum absolute atomic E-state index is 12.0. The monoisotopic (exact) mass is 349 g/mol. The van der Waals surface area contributed by atoms with Crippen LogP contribution in [-0.2, 0) is 9.57 Å². The van der Waals surface area contributed by atoms with Crippen molar-refractivity contribution in [1.29, 1.82) is 0 Å². The van der Waals surface area contributed by atoms with Crippen molar-refractivity contribution in [1.82, 2.24) is 0 Å². The highest BCUT2D eigenvalue weighted by atomic mass is 19.4. The molecule has 0 saturated carbocycles. The number of halogens is 3. The van der Waals surface area contributed by atoms with E-state index < -0.39 is 24.4 Å². The van der Waals surface area contributed by atoms with Crippen molar-refractivity contribution in [3.8, 4) is 0 Å². The van der Waals surface area contributed by atoms with Gasteiger partial charge in [0.2, 0.25) is 6.61 Å². The molecule has 0 unspecified atom stereocenters. The number of hydrazone groups is 1. The number of esters is 1. The fourth-order valence-electron chi connectivity index (χ4n) is 1.44. The summed E-state index contributed by atoms with van der Waals surface area (Å²) in [7, 11) is 0. The Morgan fingerprint density at radius 2 is 1.75 bits per heavy atom. The van der Waals surface area contributed by atoms with Crippen molar-refractivity contribution in [3.05, 3.63) is 29.8 Å². The van der Waals surface area contributed by atoms with Gasteiger partial charge in [0, 0.05) is 4.85 Å². The van der Waals surface area contributed by atoms with Crippen LogP contribution in [0.1, 0.15) is 31.1 Å². The first-order chi connectivity index (χ1) is 10.9. The highest BCUT2D eigenvalue weighted by molar-refractivity contribution is 5.92. The summed E-state index contributed by atoms with van der Waals surface area (Å²) in [6.07, 6.45) is -4.53. The number of carbonyl (C=O) groups is 1. The second-order valence-corrected chi connectivity index (χ2v) is 5.80. The zero-order chi connectivity index (χ0) is 18.5. The number of carbonyl (C=O) groups excluding carboxylic acids is 1. The van der Waals surface area contributed by atoms with Crippen LogP contribution in [0.3, 0.4) is 0 Å². The highest BCUT2D eigenvalue weighted by Gasteiger charge is 2.30. The Labute approximate surface area is 136 Å². The average molecular weight is 349 g/mol. The van der Waals surface area contributed by atoms with Crippen LogP contribution in [0.25, 0.3) is 0 Å². The van der Waals surface area contributed by atoms with E-state index in [0.29, 0.717) is 11.3 Å². The van der Waals surface area contributed by atoms with Gasteiger partial charge in [0.15, 0.2) is 0 Å². The van der Waals surface area contributed by atoms with Crippen LogP contribution >= 0.6 is 0 Å². The molecule has 24 heavy (non-hydrogen) atoms. The maximum Gasteiger partial charge on any atom is 0.426 e. The lowest BCUT2D eigenvalue weighted by molar-refractivity contribution is -0.802. The van der Waals surface area contributed by atoms with Gasteiger partial charge in [0.05, 0.1) is 11.3 Å². The number of hydrazine groups is 1. The molecule has 0 saturated heterocycles. The molecule has 134 valence electrons. The molecule has 0 aromatic heterocycles. The van der Waals surface area contributed by atoms with Crippen LogP contribution in [0, 0.1) is 0 Å². The van der Waals surface area contributed by atoms with Gasteiger partial charge in [-0.25, -0.2) is 10.1 Å². The van der Waals surface area contributed by atoms with E-state index in [1.165, 1.54) is 24.3 Å². The molecule has 0 atom stereocenters. The van der Waals surface area contributed by atoms with Crippen molar-refractivity contribution < 1.29 is 32.4 Å². The number of rotatable bonds is 4. The quantitative estimate of drug-likeness (QED) is 0.191. The molecule has 0 aliphatic heterocycles. The Balaban J connectivity index is 2.71. The standard InChI is InChI=1S/C14H19F3N4O3/c1-13(2,3)24-11(22)9-4-6-10(7-5-9)20-12(18)21(19)23-8-14(15,16)17/h4-7H,8,19H2,1-3H3,(H2,18,20,22)/p+1. The van der Waals surface area contributed by atoms with Gasteiger partial charge in [-0.1, -0.05) is 0 Å². The number of ether oxygens (including phenoxy) is 1. The zero-order valence-corrected chi connectivity index (χ0v) is 13.5. The zero-order valence-electron chi connectivity index (χ0n) is 13.5. The molecular formula is C14H20F3N4O3+. The minimum atomic E-state index is -4.53. The molecule has 0 fully saturated rings. The van der Waals surface area contributed by atoms with Crippen LogP contribution in [0.5, 0.6) is 0 Å². The molecule has 0 aliphatic rings. The molecule has 1 aromatic carbocycles. The predicted octanol–water partition coefficient (Wildman–Crippen LogP) is 1.75. The lowest BCUT2D eigenvalue weighted by Gasteiger charge is -2.19. The number of nitrogens with two attached hydrogens (primary N) is 2. The smallest absolute Gasteiger partial charge is 0.426 e. The van der Waals surface area contributed by atoms with Crippen molar-refractivity contribution in [2.75, 3.05) is 11.9 Å². The van der Waals surface area contributed by atoms with E-state index in [9.17, 15) is 18.0 Å². The van der Waals surface area contributed by atoms with Crippen LogP contribution in [0.2, 0.25) is 0 Å². The van der Waals surface area contributed by atoms with Crippen molar-refractivity contribution >= 4 is 17.6 Å². The van der Waals surface area contributed by atoms with E-state index in [4.69, 9.17) is 16.3 Å². The third-order valence-corrected chi connectivity index (χ3v) is 2.40. The average Bonchev–Trinajstić information content (AvgIpc) is 2.42.